The third kappa shape index (κ3) is 6.05. The van der Waals surface area contributed by atoms with Gasteiger partial charge in [0.05, 0.1) is 6.54 Å². The lowest BCUT2D eigenvalue weighted by Crippen LogP contribution is -2.50. The Balaban J connectivity index is 1.47. The highest BCUT2D eigenvalue weighted by Gasteiger charge is 2.32. The summed E-state index contributed by atoms with van der Waals surface area (Å²) in [7, 11) is 0. The van der Waals surface area contributed by atoms with Gasteiger partial charge >= 0.3 is 12.4 Å². The van der Waals surface area contributed by atoms with Gasteiger partial charge in [0.2, 0.25) is 0 Å². The molecule has 2 aliphatic rings. The number of urea groups is 1. The molecule has 2 N–H and O–H groups in total. The minimum absolute atomic E-state index is 0.174. The maximum atomic E-state index is 13.4. The SMILES string of the molecule is CC(C)(C)NC(=O)N1CCc2c(-c3cccc(OC(F)(F)F)c3)ccc(C(=O)NCc3nnc4n3CCC4)c2C1. The molecule has 0 bridgehead atoms. The zero-order valence-corrected chi connectivity index (χ0v) is 22.6. The first-order valence-electron chi connectivity index (χ1n) is 13.1. The number of nitrogens with one attached hydrogen (secondary N) is 2. The van der Waals surface area contributed by atoms with Crippen molar-refractivity contribution in [2.75, 3.05) is 6.54 Å². The van der Waals surface area contributed by atoms with Gasteiger partial charge in [-0.25, -0.2) is 4.79 Å². The van der Waals surface area contributed by atoms with E-state index in [1.165, 1.54) is 18.2 Å². The number of rotatable bonds is 5. The van der Waals surface area contributed by atoms with E-state index in [0.717, 1.165) is 30.8 Å². The summed E-state index contributed by atoms with van der Waals surface area (Å²) in [6, 6.07) is 8.89. The van der Waals surface area contributed by atoms with E-state index in [9.17, 15) is 22.8 Å². The number of hydrogen-bond donors (Lipinski definition) is 2. The minimum atomic E-state index is -4.81. The quantitative estimate of drug-likeness (QED) is 0.479. The number of ether oxygens (including phenoxy) is 1. The lowest BCUT2D eigenvalue weighted by Gasteiger charge is -2.34. The molecule has 2 aromatic carbocycles. The van der Waals surface area contributed by atoms with Gasteiger partial charge in [-0.1, -0.05) is 18.2 Å². The van der Waals surface area contributed by atoms with Gasteiger partial charge in [0.25, 0.3) is 5.91 Å². The van der Waals surface area contributed by atoms with Gasteiger partial charge in [-0.05, 0) is 74.1 Å². The van der Waals surface area contributed by atoms with E-state index in [0.29, 0.717) is 41.0 Å². The number of halogens is 3. The number of benzene rings is 2. The fourth-order valence-electron chi connectivity index (χ4n) is 5.19. The van der Waals surface area contributed by atoms with Gasteiger partial charge in [0.15, 0.2) is 5.82 Å². The second-order valence-corrected chi connectivity index (χ2v) is 11.0. The first-order valence-corrected chi connectivity index (χ1v) is 13.1. The van der Waals surface area contributed by atoms with Gasteiger partial charge in [0.1, 0.15) is 11.6 Å². The molecule has 0 spiro atoms. The summed E-state index contributed by atoms with van der Waals surface area (Å²) in [6.07, 6.45) is -2.54. The maximum Gasteiger partial charge on any atom is 0.573 e. The van der Waals surface area contributed by atoms with Gasteiger partial charge < -0.3 is 24.8 Å². The molecule has 2 aliphatic heterocycles. The van der Waals surface area contributed by atoms with Crippen molar-refractivity contribution >= 4 is 11.9 Å². The van der Waals surface area contributed by atoms with Crippen molar-refractivity contribution in [2.24, 2.45) is 0 Å². The number of aryl methyl sites for hydroxylation is 1. The van der Waals surface area contributed by atoms with E-state index in [1.54, 1.807) is 23.1 Å². The largest absolute Gasteiger partial charge is 0.573 e. The number of aromatic nitrogens is 3. The summed E-state index contributed by atoms with van der Waals surface area (Å²) < 4.78 is 44.7. The molecule has 212 valence electrons. The van der Waals surface area contributed by atoms with Crippen LogP contribution in [0.3, 0.4) is 0 Å². The average Bonchev–Trinajstić information content (AvgIpc) is 3.49. The van der Waals surface area contributed by atoms with E-state index in [4.69, 9.17) is 0 Å². The van der Waals surface area contributed by atoms with Crippen LogP contribution in [0.1, 0.15) is 60.3 Å². The van der Waals surface area contributed by atoms with Crippen LogP contribution in [-0.4, -0.2) is 50.0 Å². The van der Waals surface area contributed by atoms with Crippen LogP contribution >= 0.6 is 0 Å². The Kier molecular flexibility index (Phi) is 7.19. The summed E-state index contributed by atoms with van der Waals surface area (Å²) in [5, 5.41) is 14.3. The molecule has 0 aliphatic carbocycles. The Hall–Kier alpha value is -4.09. The molecule has 3 aromatic rings. The molecule has 0 radical (unpaired) electrons. The number of fused-ring (bicyclic) bond motifs is 2. The van der Waals surface area contributed by atoms with Crippen LogP contribution in [0.25, 0.3) is 11.1 Å². The van der Waals surface area contributed by atoms with E-state index in [1.807, 2.05) is 25.3 Å². The van der Waals surface area contributed by atoms with Crippen LogP contribution in [0.4, 0.5) is 18.0 Å². The molecule has 0 unspecified atom stereocenters. The van der Waals surface area contributed by atoms with Crippen LogP contribution in [0.5, 0.6) is 5.75 Å². The molecule has 9 nitrogen and oxygen atoms in total. The maximum absolute atomic E-state index is 13.4. The zero-order valence-electron chi connectivity index (χ0n) is 22.6. The van der Waals surface area contributed by atoms with Crippen LogP contribution in [0, 0.1) is 0 Å². The van der Waals surface area contributed by atoms with Crippen LogP contribution in [0.2, 0.25) is 0 Å². The molecule has 0 saturated carbocycles. The first kappa shape index (κ1) is 27.5. The van der Waals surface area contributed by atoms with Gasteiger partial charge in [0, 0.05) is 37.2 Å². The molecule has 0 atom stereocenters. The second kappa shape index (κ2) is 10.5. The number of carbonyl (C=O) groups excluding carboxylic acids is 2. The minimum Gasteiger partial charge on any atom is -0.406 e. The molecule has 1 aromatic heterocycles. The van der Waals surface area contributed by atoms with Gasteiger partial charge in [-0.15, -0.1) is 23.4 Å². The highest BCUT2D eigenvalue weighted by Crippen LogP contribution is 2.35. The van der Waals surface area contributed by atoms with Crippen molar-refractivity contribution in [2.45, 2.75) is 71.6 Å². The standard InChI is InChI=1S/C28H31F3N6O3/c1-27(2,3)33-26(39)36-13-11-20-19(17-6-4-7-18(14-17)40-28(29,30)31)9-10-21(22(20)16-36)25(38)32-15-24-35-34-23-8-5-12-37(23)24/h4,6-7,9-10,14H,5,8,11-13,15-16H2,1-3H3,(H,32,38)(H,33,39). The van der Waals surface area contributed by atoms with Crippen molar-refractivity contribution < 1.29 is 27.5 Å². The summed E-state index contributed by atoms with van der Waals surface area (Å²) >= 11 is 0. The number of carbonyl (C=O) groups is 2. The molecule has 3 heterocycles. The van der Waals surface area contributed by atoms with Crippen molar-refractivity contribution in [3.63, 3.8) is 0 Å². The van der Waals surface area contributed by atoms with Crippen LogP contribution in [-0.2, 0) is 32.5 Å². The van der Waals surface area contributed by atoms with Crippen molar-refractivity contribution in [3.05, 3.63) is 64.7 Å². The topological polar surface area (TPSA) is 101 Å². The Labute approximate surface area is 229 Å². The Morgan fingerprint density at radius 3 is 2.58 bits per heavy atom. The first-order chi connectivity index (χ1) is 18.9. The number of hydrogen-bond acceptors (Lipinski definition) is 5. The lowest BCUT2D eigenvalue weighted by atomic mass is 9.87. The summed E-state index contributed by atoms with van der Waals surface area (Å²) in [5.41, 5.74) is 2.62. The number of nitrogens with zero attached hydrogens (tertiary/aromatic N) is 4. The Bertz CT molecular complexity index is 1440. The van der Waals surface area contributed by atoms with Gasteiger partial charge in [-0.3, -0.25) is 4.79 Å². The molecule has 5 rings (SSSR count). The van der Waals surface area contributed by atoms with Crippen molar-refractivity contribution in [1.82, 2.24) is 30.3 Å². The lowest BCUT2D eigenvalue weighted by molar-refractivity contribution is -0.274. The molecular formula is C28H31F3N6O3. The van der Waals surface area contributed by atoms with E-state index >= 15 is 0 Å². The molecule has 0 fully saturated rings. The Morgan fingerprint density at radius 2 is 1.82 bits per heavy atom. The fourth-order valence-corrected chi connectivity index (χ4v) is 5.19. The summed E-state index contributed by atoms with van der Waals surface area (Å²) in [4.78, 5) is 28.1. The van der Waals surface area contributed by atoms with Crippen molar-refractivity contribution in [1.29, 1.82) is 0 Å². The molecular weight excluding hydrogens is 525 g/mol. The fraction of sp³-hybridized carbons (Fsp3) is 0.429. The summed E-state index contributed by atoms with van der Waals surface area (Å²) in [5.74, 6) is 0.927. The number of alkyl halides is 3. The smallest absolute Gasteiger partial charge is 0.406 e. The van der Waals surface area contributed by atoms with E-state index in [2.05, 4.69) is 25.6 Å². The highest BCUT2D eigenvalue weighted by molar-refractivity contribution is 5.97. The summed E-state index contributed by atoms with van der Waals surface area (Å²) in [6.45, 7) is 7.23. The third-order valence-corrected chi connectivity index (χ3v) is 6.90. The normalized spacial score (nSPS) is 14.9. The number of amides is 3. The third-order valence-electron chi connectivity index (χ3n) is 6.90. The zero-order chi connectivity index (χ0) is 28.7. The predicted octanol–water partition coefficient (Wildman–Crippen LogP) is 4.59. The van der Waals surface area contributed by atoms with Crippen LogP contribution in [0.15, 0.2) is 36.4 Å². The van der Waals surface area contributed by atoms with Crippen molar-refractivity contribution in [3.8, 4) is 16.9 Å². The highest BCUT2D eigenvalue weighted by atomic mass is 19.4. The molecule has 12 heteroatoms. The average molecular weight is 557 g/mol. The molecule has 40 heavy (non-hydrogen) atoms. The second-order valence-electron chi connectivity index (χ2n) is 11.0. The molecule has 3 amide bonds. The monoisotopic (exact) mass is 556 g/mol. The molecule has 0 saturated heterocycles. The Morgan fingerprint density at radius 1 is 1.02 bits per heavy atom. The predicted molar refractivity (Wildman–Crippen MR) is 140 cm³/mol. The van der Waals surface area contributed by atoms with Gasteiger partial charge in [-0.2, -0.15) is 0 Å². The van der Waals surface area contributed by atoms with E-state index < -0.39 is 11.9 Å². The van der Waals surface area contributed by atoms with E-state index in [-0.39, 0.29) is 30.8 Å². The van der Waals surface area contributed by atoms with Crippen LogP contribution < -0.4 is 15.4 Å².